The zero-order valence-corrected chi connectivity index (χ0v) is 42.2. The van der Waals surface area contributed by atoms with Gasteiger partial charge >= 0.3 is 25.7 Å². The Morgan fingerprint density at radius 3 is 1.26 bits per heavy atom. The van der Waals surface area contributed by atoms with Crippen molar-refractivity contribution in [3.05, 3.63) is 48.6 Å². The normalized spacial score (nSPS) is 13.9. The molecule has 0 amide bonds. The number of rotatable bonds is 49. The van der Waals surface area contributed by atoms with E-state index in [-0.39, 0.29) is 19.4 Å². The standard InChI is InChI=1S/C53H96NO10P/c1-3-5-7-9-11-13-15-17-19-21-23-25-27-28-30-32-34-36-38-40-42-44-51(55)61-46-49(47-62-65(59,60)63-48-50(54)53(57)58)64-52(56)45-43-41-39-37-35-33-31-29-26-24-22-20-18-16-14-12-10-8-6-4-2/h19,21,25,27,30,32,36,38,49-50H,3-18,20,22-24,26,28-29,31,33-35,37,39-48,54H2,1-2H3,(H,57,58)(H,59,60)/b21-19+,27-25+,32-30+,38-36+/t49-,50+/m1/s1. The molecule has 0 aliphatic heterocycles. The van der Waals surface area contributed by atoms with E-state index in [4.69, 9.17) is 24.8 Å². The van der Waals surface area contributed by atoms with Crippen molar-refractivity contribution in [3.8, 4) is 0 Å². The van der Waals surface area contributed by atoms with Crippen LogP contribution < -0.4 is 5.73 Å². The first-order valence-electron chi connectivity index (χ1n) is 26.2. The van der Waals surface area contributed by atoms with Gasteiger partial charge in [-0.3, -0.25) is 23.4 Å². The van der Waals surface area contributed by atoms with Crippen LogP contribution in [-0.4, -0.2) is 59.9 Å². The lowest BCUT2D eigenvalue weighted by atomic mass is 10.0. The predicted molar refractivity (Wildman–Crippen MR) is 268 cm³/mol. The molecule has 0 saturated heterocycles. The quantitative estimate of drug-likeness (QED) is 0.0229. The number of carboxylic acids is 1. The van der Waals surface area contributed by atoms with Crippen molar-refractivity contribution in [2.45, 2.75) is 251 Å². The first-order valence-corrected chi connectivity index (χ1v) is 27.7. The average molecular weight is 938 g/mol. The molecule has 0 spiro atoms. The molecule has 0 saturated carbocycles. The second-order valence-electron chi connectivity index (χ2n) is 17.7. The predicted octanol–water partition coefficient (Wildman–Crippen LogP) is 14.9. The summed E-state index contributed by atoms with van der Waals surface area (Å²) >= 11 is 0. The topological polar surface area (TPSA) is 172 Å². The largest absolute Gasteiger partial charge is 0.480 e. The molecule has 0 aromatic carbocycles. The Morgan fingerprint density at radius 1 is 0.477 bits per heavy atom. The monoisotopic (exact) mass is 938 g/mol. The molecule has 3 atom stereocenters. The van der Waals surface area contributed by atoms with E-state index in [0.29, 0.717) is 19.3 Å². The molecule has 0 heterocycles. The Kier molecular flexibility index (Phi) is 46.0. The van der Waals surface area contributed by atoms with E-state index in [0.717, 1.165) is 38.5 Å². The van der Waals surface area contributed by atoms with Crippen molar-refractivity contribution in [2.24, 2.45) is 5.73 Å². The number of carbonyl (C=O) groups is 3. The van der Waals surface area contributed by atoms with Gasteiger partial charge < -0.3 is 25.2 Å². The number of carbonyl (C=O) groups excluding carboxylic acids is 2. The summed E-state index contributed by atoms with van der Waals surface area (Å²) in [5.74, 6) is -2.44. The maximum Gasteiger partial charge on any atom is 0.472 e. The van der Waals surface area contributed by atoms with Crippen molar-refractivity contribution in [2.75, 3.05) is 19.8 Å². The van der Waals surface area contributed by atoms with Gasteiger partial charge in [-0.05, 0) is 51.4 Å². The second-order valence-corrected chi connectivity index (χ2v) is 19.1. The van der Waals surface area contributed by atoms with Gasteiger partial charge in [0.1, 0.15) is 12.6 Å². The van der Waals surface area contributed by atoms with Gasteiger partial charge in [0, 0.05) is 12.8 Å². The lowest BCUT2D eigenvalue weighted by molar-refractivity contribution is -0.161. The van der Waals surface area contributed by atoms with Crippen LogP contribution in [0.3, 0.4) is 0 Å². The zero-order chi connectivity index (χ0) is 47.7. The summed E-state index contributed by atoms with van der Waals surface area (Å²) in [6.07, 6.45) is 56.1. The fraction of sp³-hybridized carbons (Fsp3) is 0.792. The second kappa shape index (κ2) is 47.9. The van der Waals surface area contributed by atoms with Gasteiger partial charge in [-0.2, -0.15) is 0 Å². The highest BCUT2D eigenvalue weighted by Gasteiger charge is 2.28. The third-order valence-corrected chi connectivity index (χ3v) is 12.3. The Labute approximate surface area is 396 Å². The number of phosphoric ester groups is 1. The molecule has 0 bridgehead atoms. The van der Waals surface area contributed by atoms with Gasteiger partial charge in [0.25, 0.3) is 0 Å². The van der Waals surface area contributed by atoms with Crippen LogP contribution in [0.4, 0.5) is 0 Å². The number of allylic oxidation sites excluding steroid dienone is 8. The molecule has 0 aliphatic rings. The van der Waals surface area contributed by atoms with Crippen LogP contribution >= 0.6 is 7.82 Å². The minimum Gasteiger partial charge on any atom is -0.480 e. The third-order valence-electron chi connectivity index (χ3n) is 11.3. The smallest absolute Gasteiger partial charge is 0.472 e. The zero-order valence-electron chi connectivity index (χ0n) is 41.3. The summed E-state index contributed by atoms with van der Waals surface area (Å²) in [4.78, 5) is 46.2. The van der Waals surface area contributed by atoms with E-state index in [1.54, 1.807) is 0 Å². The molecule has 1 unspecified atom stereocenters. The molecule has 0 fully saturated rings. The number of carboxylic acid groups (broad SMARTS) is 1. The van der Waals surface area contributed by atoms with Crippen molar-refractivity contribution in [1.29, 1.82) is 0 Å². The van der Waals surface area contributed by atoms with Crippen molar-refractivity contribution in [3.63, 3.8) is 0 Å². The van der Waals surface area contributed by atoms with Crippen LogP contribution in [0.25, 0.3) is 0 Å². The molecule has 0 aromatic heterocycles. The number of ether oxygens (including phenoxy) is 2. The van der Waals surface area contributed by atoms with Crippen LogP contribution in [0.15, 0.2) is 48.6 Å². The lowest BCUT2D eigenvalue weighted by Crippen LogP contribution is -2.34. The third kappa shape index (κ3) is 47.7. The van der Waals surface area contributed by atoms with Crippen molar-refractivity contribution in [1.82, 2.24) is 0 Å². The van der Waals surface area contributed by atoms with Crippen LogP contribution in [0.1, 0.15) is 239 Å². The summed E-state index contributed by atoms with van der Waals surface area (Å²) in [5, 5.41) is 8.92. The van der Waals surface area contributed by atoms with Crippen LogP contribution in [0.5, 0.6) is 0 Å². The molecule has 12 heteroatoms. The number of unbranched alkanes of at least 4 members (excludes halogenated alkanes) is 27. The Balaban J connectivity index is 4.32. The van der Waals surface area contributed by atoms with Crippen LogP contribution in [-0.2, 0) is 37.5 Å². The maximum atomic E-state index is 12.7. The summed E-state index contributed by atoms with van der Waals surface area (Å²) < 4.78 is 32.8. The summed E-state index contributed by atoms with van der Waals surface area (Å²) in [6.45, 7) is 2.79. The average Bonchev–Trinajstić information content (AvgIpc) is 3.28. The van der Waals surface area contributed by atoms with Gasteiger partial charge in [-0.25, -0.2) is 4.57 Å². The summed E-state index contributed by atoms with van der Waals surface area (Å²) in [7, 11) is -4.73. The molecule has 0 radical (unpaired) electrons. The van der Waals surface area contributed by atoms with Gasteiger partial charge in [0.2, 0.25) is 0 Å². The highest BCUT2D eigenvalue weighted by molar-refractivity contribution is 7.47. The van der Waals surface area contributed by atoms with Gasteiger partial charge in [0.15, 0.2) is 6.10 Å². The minimum absolute atomic E-state index is 0.147. The molecule has 0 rings (SSSR count). The minimum atomic E-state index is -4.73. The molecule has 378 valence electrons. The number of phosphoric acid groups is 1. The summed E-state index contributed by atoms with van der Waals surface area (Å²) in [6, 6.07) is -1.53. The maximum absolute atomic E-state index is 12.7. The van der Waals surface area contributed by atoms with E-state index in [9.17, 15) is 23.8 Å². The number of aliphatic carboxylic acids is 1. The fourth-order valence-corrected chi connectivity index (χ4v) is 8.01. The number of hydrogen-bond donors (Lipinski definition) is 3. The molecule has 4 N–H and O–H groups in total. The Morgan fingerprint density at radius 2 is 0.831 bits per heavy atom. The van der Waals surface area contributed by atoms with Crippen molar-refractivity contribution >= 4 is 25.7 Å². The molecular formula is C53H96NO10P. The molecular weight excluding hydrogens is 842 g/mol. The Bertz CT molecular complexity index is 1280. The Hall–Kier alpha value is -2.56. The SMILES string of the molecule is CCCCCCCCC/C=C/C/C=C/C/C=C/C/C=C/CCCC(=O)OC[C@H](COP(=O)(O)OC[C@H](N)C(=O)O)OC(=O)CCCCCCCCCCCCCCCCCCCCCC. The first-order chi connectivity index (χ1) is 31.6. The number of esters is 2. The first kappa shape index (κ1) is 62.4. The highest BCUT2D eigenvalue weighted by Crippen LogP contribution is 2.43. The molecule has 0 aliphatic carbocycles. The van der Waals surface area contributed by atoms with E-state index in [2.05, 4.69) is 60.9 Å². The molecule has 11 nitrogen and oxygen atoms in total. The van der Waals surface area contributed by atoms with Gasteiger partial charge in [-0.15, -0.1) is 0 Å². The molecule has 65 heavy (non-hydrogen) atoms. The van der Waals surface area contributed by atoms with E-state index < -0.39 is 51.1 Å². The summed E-state index contributed by atoms with van der Waals surface area (Å²) in [5.41, 5.74) is 5.35. The highest BCUT2D eigenvalue weighted by atomic mass is 31.2. The molecule has 0 aromatic rings. The fourth-order valence-electron chi connectivity index (χ4n) is 7.24. The van der Waals surface area contributed by atoms with Crippen LogP contribution in [0.2, 0.25) is 0 Å². The number of hydrogen-bond acceptors (Lipinski definition) is 9. The van der Waals surface area contributed by atoms with Gasteiger partial charge in [0.05, 0.1) is 13.2 Å². The van der Waals surface area contributed by atoms with Gasteiger partial charge in [-0.1, -0.05) is 223 Å². The van der Waals surface area contributed by atoms with Crippen molar-refractivity contribution < 1.29 is 47.5 Å². The number of nitrogens with two attached hydrogens (primary N) is 1. The van der Waals surface area contributed by atoms with E-state index >= 15 is 0 Å². The van der Waals surface area contributed by atoms with E-state index in [1.807, 2.05) is 6.08 Å². The van der Waals surface area contributed by atoms with Crippen LogP contribution in [0, 0.1) is 0 Å². The van der Waals surface area contributed by atoms with E-state index in [1.165, 1.54) is 154 Å². The lowest BCUT2D eigenvalue weighted by Gasteiger charge is -2.20.